The lowest BCUT2D eigenvalue weighted by Gasteiger charge is -2.33. The number of anilines is 1. The Morgan fingerprint density at radius 3 is 2.34 bits per heavy atom. The van der Waals surface area contributed by atoms with Gasteiger partial charge in [0.15, 0.2) is 15.5 Å². The number of hydrogen-bond donors (Lipinski definition) is 1. The van der Waals surface area contributed by atoms with Gasteiger partial charge in [0.1, 0.15) is 5.82 Å². The van der Waals surface area contributed by atoms with E-state index in [2.05, 4.69) is 4.90 Å². The van der Waals surface area contributed by atoms with E-state index in [-0.39, 0.29) is 24.7 Å². The van der Waals surface area contributed by atoms with Crippen molar-refractivity contribution >= 4 is 26.8 Å². The first-order valence-corrected chi connectivity index (χ1v) is 17.7. The second-order valence-corrected chi connectivity index (χ2v) is 15.4. The molecule has 47 heavy (non-hydrogen) atoms. The number of nitrogens with zero attached hydrogens (tertiary/aromatic N) is 7. The fourth-order valence-corrected chi connectivity index (χ4v) is 7.96. The molecule has 15 heteroatoms. The maximum atomic E-state index is 13.2. The third-order valence-corrected chi connectivity index (χ3v) is 11.2. The molecule has 0 spiro atoms. The molecule has 6 rings (SSSR count). The van der Waals surface area contributed by atoms with Crippen LogP contribution in [0.4, 0.5) is 19.0 Å². The SMILES string of the molecule is CN(C)c1ccc2c(n1)n(C1CCN(C[C@H](O)Cn3nc(-c4ccc(C(F)(F)F)cc4)c4c3CCC(S(C)(=O)=O)C4)CC1)c(=O)n2C. The largest absolute Gasteiger partial charge is 0.416 e. The standard InChI is InChI=1S/C32H40F3N7O4S/c1-38(2)28-12-11-27-30(36-28)42(31(44)39(27)3)22-13-15-40(16-14-22)18-23(43)19-41-26-10-9-24(47(4,45)46)17-25(26)29(37-41)20-5-7-21(8-6-20)32(33,34)35/h5-8,11-12,22-24,43H,9-10,13-19H2,1-4H3/t23-,24?/m0/s1. The molecule has 11 nitrogen and oxygen atoms in total. The molecule has 2 atom stereocenters. The molecule has 4 aromatic rings. The van der Waals surface area contributed by atoms with Crippen molar-refractivity contribution in [1.82, 2.24) is 28.8 Å². The highest BCUT2D eigenvalue weighted by molar-refractivity contribution is 7.91. The van der Waals surface area contributed by atoms with Crippen molar-refractivity contribution < 1.29 is 26.7 Å². The van der Waals surface area contributed by atoms with Gasteiger partial charge in [-0.05, 0) is 56.4 Å². The highest BCUT2D eigenvalue weighted by atomic mass is 32.2. The van der Waals surface area contributed by atoms with Crippen molar-refractivity contribution in [2.75, 3.05) is 44.9 Å². The molecule has 0 saturated carbocycles. The summed E-state index contributed by atoms with van der Waals surface area (Å²) in [5, 5.41) is 15.3. The molecular formula is C32H40F3N7O4S. The minimum Gasteiger partial charge on any atom is -0.390 e. The number of fused-ring (bicyclic) bond motifs is 2. The Morgan fingerprint density at radius 2 is 1.72 bits per heavy atom. The second kappa shape index (κ2) is 12.4. The summed E-state index contributed by atoms with van der Waals surface area (Å²) in [4.78, 5) is 22.0. The maximum absolute atomic E-state index is 13.2. The van der Waals surface area contributed by atoms with Gasteiger partial charge in [0, 0.05) is 69.9 Å². The molecule has 3 aromatic heterocycles. The number of piperidine rings is 1. The smallest absolute Gasteiger partial charge is 0.390 e. The summed E-state index contributed by atoms with van der Waals surface area (Å²) in [5.41, 5.74) is 2.97. The average Bonchev–Trinajstić information content (AvgIpc) is 3.50. The van der Waals surface area contributed by atoms with Crippen LogP contribution in [0, 0.1) is 0 Å². The molecule has 0 radical (unpaired) electrons. The van der Waals surface area contributed by atoms with Crippen LogP contribution in [0.1, 0.15) is 42.1 Å². The highest BCUT2D eigenvalue weighted by Crippen LogP contribution is 2.36. The fraction of sp³-hybridized carbons (Fsp3) is 0.531. The van der Waals surface area contributed by atoms with E-state index in [1.54, 1.807) is 20.9 Å². The van der Waals surface area contributed by atoms with E-state index in [4.69, 9.17) is 10.1 Å². The number of sulfone groups is 1. The number of likely N-dealkylation sites (tertiary alicyclic amines) is 1. The predicted molar refractivity (Wildman–Crippen MR) is 173 cm³/mol. The summed E-state index contributed by atoms with van der Waals surface area (Å²) in [6.45, 7) is 1.87. The number of aliphatic hydroxyl groups is 1. The van der Waals surface area contributed by atoms with Crippen LogP contribution >= 0.6 is 0 Å². The third kappa shape index (κ3) is 6.57. The third-order valence-electron chi connectivity index (χ3n) is 9.55. The summed E-state index contributed by atoms with van der Waals surface area (Å²) >= 11 is 0. The van der Waals surface area contributed by atoms with Crippen LogP contribution in [0.25, 0.3) is 22.4 Å². The van der Waals surface area contributed by atoms with Gasteiger partial charge < -0.3 is 14.9 Å². The molecule has 4 heterocycles. The summed E-state index contributed by atoms with van der Waals surface area (Å²) < 4.78 is 69.6. The molecule has 1 aromatic carbocycles. The van der Waals surface area contributed by atoms with E-state index >= 15 is 0 Å². The lowest BCUT2D eigenvalue weighted by molar-refractivity contribution is -0.137. The Morgan fingerprint density at radius 1 is 1.04 bits per heavy atom. The number of β-amino-alcohol motifs (C(OH)–C–C–N with tert-alkyl or cyclic N) is 1. The maximum Gasteiger partial charge on any atom is 0.416 e. The summed E-state index contributed by atoms with van der Waals surface area (Å²) in [5.74, 6) is 0.770. The Bertz CT molecular complexity index is 1940. The van der Waals surface area contributed by atoms with Gasteiger partial charge in [-0.15, -0.1) is 0 Å². The quantitative estimate of drug-likeness (QED) is 0.303. The zero-order valence-electron chi connectivity index (χ0n) is 26.9. The van der Waals surface area contributed by atoms with Gasteiger partial charge >= 0.3 is 11.9 Å². The monoisotopic (exact) mass is 675 g/mol. The molecule has 1 aliphatic heterocycles. The van der Waals surface area contributed by atoms with E-state index in [9.17, 15) is 31.5 Å². The number of aryl methyl sites for hydroxylation is 1. The zero-order chi connectivity index (χ0) is 33.8. The van der Waals surface area contributed by atoms with E-state index < -0.39 is 32.9 Å². The van der Waals surface area contributed by atoms with Crippen LogP contribution in [0.2, 0.25) is 0 Å². The van der Waals surface area contributed by atoms with E-state index in [1.807, 2.05) is 31.1 Å². The molecular weight excluding hydrogens is 635 g/mol. The van der Waals surface area contributed by atoms with Gasteiger partial charge in [0.25, 0.3) is 0 Å². The van der Waals surface area contributed by atoms with Crippen molar-refractivity contribution in [2.45, 2.75) is 62.2 Å². The van der Waals surface area contributed by atoms with Gasteiger partial charge in [0.2, 0.25) is 0 Å². The van der Waals surface area contributed by atoms with Crippen LogP contribution in [0.3, 0.4) is 0 Å². The molecule has 1 fully saturated rings. The van der Waals surface area contributed by atoms with Crippen molar-refractivity contribution in [3.05, 3.63) is 63.7 Å². The summed E-state index contributed by atoms with van der Waals surface area (Å²) in [7, 11) is 2.22. The number of pyridine rings is 1. The zero-order valence-corrected chi connectivity index (χ0v) is 27.7. The lowest BCUT2D eigenvalue weighted by Crippen LogP contribution is -2.42. The lowest BCUT2D eigenvalue weighted by atomic mass is 9.92. The fourth-order valence-electron chi connectivity index (χ4n) is 6.94. The summed E-state index contributed by atoms with van der Waals surface area (Å²) in [6.07, 6.45) is -1.60. The molecule has 2 aliphatic rings. The Balaban J connectivity index is 1.17. The van der Waals surface area contributed by atoms with Crippen LogP contribution < -0.4 is 10.6 Å². The number of aliphatic hydroxyl groups excluding tert-OH is 1. The van der Waals surface area contributed by atoms with E-state index in [0.717, 1.165) is 29.2 Å². The predicted octanol–water partition coefficient (Wildman–Crippen LogP) is 3.28. The first-order chi connectivity index (χ1) is 22.1. The van der Waals surface area contributed by atoms with Crippen LogP contribution in [0.15, 0.2) is 41.2 Å². The van der Waals surface area contributed by atoms with Gasteiger partial charge in [-0.3, -0.25) is 13.8 Å². The molecule has 1 unspecified atom stereocenters. The first-order valence-electron chi connectivity index (χ1n) is 15.7. The Kier molecular flexibility index (Phi) is 8.76. The normalized spacial score (nSPS) is 18.9. The number of imidazole rings is 1. The van der Waals surface area contributed by atoms with Crippen molar-refractivity contribution in [1.29, 1.82) is 0 Å². The minimum absolute atomic E-state index is 0.0308. The Labute approximate surface area is 271 Å². The van der Waals surface area contributed by atoms with Crippen molar-refractivity contribution in [2.24, 2.45) is 7.05 Å². The van der Waals surface area contributed by atoms with Crippen molar-refractivity contribution in [3.63, 3.8) is 0 Å². The van der Waals surface area contributed by atoms with Gasteiger partial charge in [-0.1, -0.05) is 12.1 Å². The molecule has 0 bridgehead atoms. The number of hydrogen-bond acceptors (Lipinski definition) is 8. The Hall–Kier alpha value is -3.69. The number of aromatic nitrogens is 5. The van der Waals surface area contributed by atoms with Crippen LogP contribution in [0.5, 0.6) is 0 Å². The number of rotatable bonds is 8. The van der Waals surface area contributed by atoms with Crippen LogP contribution in [-0.2, 0) is 42.4 Å². The molecule has 1 aliphatic carbocycles. The van der Waals surface area contributed by atoms with E-state index in [0.29, 0.717) is 67.8 Å². The van der Waals surface area contributed by atoms with E-state index in [1.165, 1.54) is 18.4 Å². The molecule has 1 saturated heterocycles. The van der Waals surface area contributed by atoms with Crippen LogP contribution in [-0.4, -0.2) is 93.7 Å². The molecule has 1 N–H and O–H groups in total. The highest BCUT2D eigenvalue weighted by Gasteiger charge is 2.34. The number of halogens is 3. The van der Waals surface area contributed by atoms with Gasteiger partial charge in [-0.2, -0.15) is 18.3 Å². The van der Waals surface area contributed by atoms with Gasteiger partial charge in [-0.25, -0.2) is 18.2 Å². The second-order valence-electron chi connectivity index (χ2n) is 13.0. The first kappa shape index (κ1) is 33.2. The number of benzene rings is 1. The molecule has 0 amide bonds. The average molecular weight is 676 g/mol. The number of alkyl halides is 3. The summed E-state index contributed by atoms with van der Waals surface area (Å²) in [6, 6.07) is 8.50. The minimum atomic E-state index is -4.48. The van der Waals surface area contributed by atoms with Crippen molar-refractivity contribution in [3.8, 4) is 11.3 Å². The topological polar surface area (TPSA) is 118 Å². The molecule has 254 valence electrons. The van der Waals surface area contributed by atoms with Gasteiger partial charge in [0.05, 0.1) is 34.7 Å².